The third-order valence-electron chi connectivity index (χ3n) is 7.31. The van der Waals surface area contributed by atoms with Crippen molar-refractivity contribution < 1.29 is 52.9 Å². The summed E-state index contributed by atoms with van der Waals surface area (Å²) in [6.07, 6.45) is -1.09. The van der Waals surface area contributed by atoms with Crippen LogP contribution in [0.3, 0.4) is 0 Å². The van der Waals surface area contributed by atoms with E-state index in [4.69, 9.17) is 9.47 Å². The van der Waals surface area contributed by atoms with Crippen LogP contribution < -0.4 is 26.6 Å². The summed E-state index contributed by atoms with van der Waals surface area (Å²) in [5, 5.41) is 21.8. The van der Waals surface area contributed by atoms with Gasteiger partial charge in [-0.2, -0.15) is 0 Å². The van der Waals surface area contributed by atoms with Crippen molar-refractivity contribution in [2.45, 2.75) is 103 Å². The molecule has 52 heavy (non-hydrogen) atoms. The molecule has 0 fully saturated rings. The summed E-state index contributed by atoms with van der Waals surface area (Å²) in [7, 11) is 2.45. The standard InChI is InChI=1S/C35H54N6O11/c1-21(2)18-26(32(47)48)39-30(45)22(3)37-28(43)20-41(7)29(44)15-14-24(33(49)51-8)38-27(42)16-17-36-31(46)25(19-23-12-10-9-11-13-23)40-34(50)52-35(4,5)6/h9-13,21-22,24-26H,14-20H2,1-8H3,(H,36,46)(H,37,43)(H,38,42)(H,39,45)(H,40,50)(H,47,48)/t22-,24-,25+,26+/m1/s1. The molecular weight excluding hydrogens is 680 g/mol. The number of ether oxygens (including phenoxy) is 2. The number of carboxylic acid groups (broad SMARTS) is 1. The van der Waals surface area contributed by atoms with Gasteiger partial charge in [-0.15, -0.1) is 0 Å². The molecule has 0 radical (unpaired) electrons. The van der Waals surface area contributed by atoms with Crippen LogP contribution in [-0.2, 0) is 49.5 Å². The maximum atomic E-state index is 13.0. The molecule has 0 heterocycles. The highest BCUT2D eigenvalue weighted by Crippen LogP contribution is 2.10. The molecule has 17 heteroatoms. The number of carboxylic acids is 1. The molecule has 1 aromatic rings. The molecule has 1 aromatic carbocycles. The van der Waals surface area contributed by atoms with Gasteiger partial charge < -0.3 is 46.1 Å². The number of alkyl carbamates (subject to hydrolysis) is 1. The number of methoxy groups -OCH3 is 1. The van der Waals surface area contributed by atoms with Crippen LogP contribution in [0.5, 0.6) is 0 Å². The lowest BCUT2D eigenvalue weighted by atomic mass is 10.0. The van der Waals surface area contributed by atoms with Crippen molar-refractivity contribution in [2.24, 2.45) is 5.92 Å². The van der Waals surface area contributed by atoms with E-state index in [0.717, 1.165) is 17.6 Å². The molecule has 6 N–H and O–H groups in total. The largest absolute Gasteiger partial charge is 0.480 e. The van der Waals surface area contributed by atoms with E-state index in [1.165, 1.54) is 14.0 Å². The van der Waals surface area contributed by atoms with E-state index in [2.05, 4.69) is 26.6 Å². The van der Waals surface area contributed by atoms with Crippen LogP contribution in [0.4, 0.5) is 4.79 Å². The molecule has 0 spiro atoms. The van der Waals surface area contributed by atoms with E-state index in [9.17, 15) is 43.5 Å². The number of carbonyl (C=O) groups excluding carboxylic acids is 7. The fourth-order valence-electron chi connectivity index (χ4n) is 4.69. The van der Waals surface area contributed by atoms with Crippen LogP contribution in [0, 0.1) is 5.92 Å². The van der Waals surface area contributed by atoms with Crippen LogP contribution in [-0.4, -0.2) is 115 Å². The molecule has 17 nitrogen and oxygen atoms in total. The summed E-state index contributed by atoms with van der Waals surface area (Å²) in [6.45, 7) is 9.49. The van der Waals surface area contributed by atoms with E-state index < -0.39 is 83.9 Å². The number of amides is 6. The van der Waals surface area contributed by atoms with Gasteiger partial charge in [0.05, 0.1) is 13.7 Å². The van der Waals surface area contributed by atoms with Gasteiger partial charge in [0.15, 0.2) is 0 Å². The zero-order valence-corrected chi connectivity index (χ0v) is 31.2. The lowest BCUT2D eigenvalue weighted by molar-refractivity contribution is -0.146. The van der Waals surface area contributed by atoms with Crippen LogP contribution in [0.1, 0.15) is 72.8 Å². The normalized spacial score (nSPS) is 13.3. The highest BCUT2D eigenvalue weighted by atomic mass is 16.6. The average Bonchev–Trinajstić information content (AvgIpc) is 3.04. The highest BCUT2D eigenvalue weighted by Gasteiger charge is 2.28. The zero-order valence-electron chi connectivity index (χ0n) is 31.2. The van der Waals surface area contributed by atoms with E-state index in [0.29, 0.717) is 0 Å². The number of hydrogen-bond acceptors (Lipinski definition) is 10. The van der Waals surface area contributed by atoms with Crippen molar-refractivity contribution in [3.05, 3.63) is 35.9 Å². The summed E-state index contributed by atoms with van der Waals surface area (Å²) < 4.78 is 10.0. The minimum atomic E-state index is -1.21. The first-order chi connectivity index (χ1) is 24.2. The molecule has 290 valence electrons. The Morgan fingerprint density at radius 3 is 2.00 bits per heavy atom. The Bertz CT molecular complexity index is 1400. The van der Waals surface area contributed by atoms with Gasteiger partial charge in [0.1, 0.15) is 29.8 Å². The Balaban J connectivity index is 2.68. The molecule has 4 atom stereocenters. The van der Waals surface area contributed by atoms with Gasteiger partial charge >= 0.3 is 18.0 Å². The molecule has 0 aliphatic heterocycles. The summed E-state index contributed by atoms with van der Waals surface area (Å²) in [4.78, 5) is 101. The Labute approximate surface area is 304 Å². The number of hydrogen-bond donors (Lipinski definition) is 6. The minimum Gasteiger partial charge on any atom is -0.480 e. The zero-order chi connectivity index (χ0) is 39.6. The SMILES string of the molecule is COC(=O)[C@@H](CCC(=O)N(C)CC(=O)N[C@H](C)C(=O)N[C@@H](CC(C)C)C(=O)O)NC(=O)CCNC(=O)[C@H](Cc1ccccc1)NC(=O)OC(C)(C)C. The van der Waals surface area contributed by atoms with Crippen molar-refractivity contribution in [3.8, 4) is 0 Å². The molecule has 0 aromatic heterocycles. The summed E-state index contributed by atoms with van der Waals surface area (Å²) in [5.74, 6) is -5.12. The fraction of sp³-hybridized carbons (Fsp3) is 0.600. The maximum Gasteiger partial charge on any atom is 0.408 e. The Morgan fingerprint density at radius 1 is 0.808 bits per heavy atom. The van der Waals surface area contributed by atoms with E-state index >= 15 is 0 Å². The molecule has 0 saturated carbocycles. The molecule has 6 amide bonds. The second kappa shape index (κ2) is 21.9. The number of esters is 1. The summed E-state index contributed by atoms with van der Waals surface area (Å²) in [6, 6.07) is 4.57. The molecule has 0 saturated heterocycles. The number of carbonyl (C=O) groups is 8. The number of benzene rings is 1. The number of nitrogens with one attached hydrogen (secondary N) is 5. The summed E-state index contributed by atoms with van der Waals surface area (Å²) >= 11 is 0. The van der Waals surface area contributed by atoms with Gasteiger partial charge in [-0.25, -0.2) is 14.4 Å². The fourth-order valence-corrected chi connectivity index (χ4v) is 4.69. The molecule has 1 rings (SSSR count). The quantitative estimate of drug-likeness (QED) is 0.102. The third-order valence-corrected chi connectivity index (χ3v) is 7.31. The van der Waals surface area contributed by atoms with Gasteiger partial charge in [0.25, 0.3) is 0 Å². The topological polar surface area (TPSA) is 239 Å². The van der Waals surface area contributed by atoms with Crippen molar-refractivity contribution in [1.82, 2.24) is 31.5 Å². The smallest absolute Gasteiger partial charge is 0.408 e. The second-order valence-corrected chi connectivity index (χ2v) is 13.7. The van der Waals surface area contributed by atoms with Gasteiger partial charge in [-0.3, -0.25) is 24.0 Å². The molecular formula is C35H54N6O11. The third kappa shape index (κ3) is 18.1. The lowest BCUT2D eigenvalue weighted by Crippen LogP contribution is -2.52. The van der Waals surface area contributed by atoms with Crippen molar-refractivity contribution in [2.75, 3.05) is 27.2 Å². The maximum absolute atomic E-state index is 13.0. The van der Waals surface area contributed by atoms with Crippen LogP contribution in [0.15, 0.2) is 30.3 Å². The van der Waals surface area contributed by atoms with Crippen molar-refractivity contribution in [1.29, 1.82) is 0 Å². The Morgan fingerprint density at radius 2 is 1.44 bits per heavy atom. The van der Waals surface area contributed by atoms with E-state index in [1.807, 2.05) is 19.9 Å². The molecule has 0 bridgehead atoms. The van der Waals surface area contributed by atoms with Gasteiger partial charge in [-0.05, 0) is 52.0 Å². The monoisotopic (exact) mass is 734 g/mol. The van der Waals surface area contributed by atoms with E-state index in [1.54, 1.807) is 45.0 Å². The summed E-state index contributed by atoms with van der Waals surface area (Å²) in [5.41, 5.74) is -0.00871. The van der Waals surface area contributed by atoms with E-state index in [-0.39, 0.29) is 44.6 Å². The molecule has 0 aliphatic carbocycles. The van der Waals surface area contributed by atoms with Crippen molar-refractivity contribution >= 4 is 47.6 Å². The first kappa shape index (κ1) is 44.8. The first-order valence-electron chi connectivity index (χ1n) is 17.0. The minimum absolute atomic E-state index is 0.00508. The number of aliphatic carboxylic acids is 1. The van der Waals surface area contributed by atoms with Crippen LogP contribution >= 0.6 is 0 Å². The Hall–Kier alpha value is -5.22. The van der Waals surface area contributed by atoms with Gasteiger partial charge in [-0.1, -0.05) is 44.2 Å². The average molecular weight is 735 g/mol. The predicted molar refractivity (Wildman–Crippen MR) is 188 cm³/mol. The van der Waals surface area contributed by atoms with Crippen LogP contribution in [0.25, 0.3) is 0 Å². The number of likely N-dealkylation sites (N-methyl/N-ethyl adjacent to an activating group) is 1. The Kier molecular flexibility index (Phi) is 18.8. The van der Waals surface area contributed by atoms with Crippen LogP contribution in [0.2, 0.25) is 0 Å². The van der Waals surface area contributed by atoms with Gasteiger partial charge in [0.2, 0.25) is 29.5 Å². The highest BCUT2D eigenvalue weighted by molar-refractivity contribution is 5.92. The first-order valence-corrected chi connectivity index (χ1v) is 17.0. The molecule has 0 aliphatic rings. The van der Waals surface area contributed by atoms with Crippen molar-refractivity contribution in [3.63, 3.8) is 0 Å². The van der Waals surface area contributed by atoms with Gasteiger partial charge in [0, 0.05) is 32.9 Å². The number of nitrogens with zero attached hydrogens (tertiary/aromatic N) is 1. The number of rotatable bonds is 20. The molecule has 0 unspecified atom stereocenters. The second-order valence-electron chi connectivity index (χ2n) is 13.7. The predicted octanol–water partition coefficient (Wildman–Crippen LogP) is 0.645. The lowest BCUT2D eigenvalue weighted by Gasteiger charge is -2.23.